The van der Waals surface area contributed by atoms with Gasteiger partial charge in [-0.2, -0.15) is 4.98 Å². The number of sulfone groups is 1. The highest BCUT2D eigenvalue weighted by atomic mass is 35.5. The highest BCUT2D eigenvalue weighted by Crippen LogP contribution is 2.31. The van der Waals surface area contributed by atoms with E-state index in [1.807, 2.05) is 41.3 Å². The Labute approximate surface area is 392 Å². The van der Waals surface area contributed by atoms with Crippen LogP contribution in [0.1, 0.15) is 52.4 Å². The van der Waals surface area contributed by atoms with Gasteiger partial charge in [-0.15, -0.1) is 0 Å². The number of benzene rings is 3. The molecule has 8 rings (SSSR count). The molecule has 3 aliphatic heterocycles. The summed E-state index contributed by atoms with van der Waals surface area (Å²) in [7, 11) is -3.54. The molecule has 2 aromatic heterocycles. The first-order valence-corrected chi connectivity index (χ1v) is 25.0. The Morgan fingerprint density at radius 2 is 1.58 bits per heavy atom. The smallest absolute Gasteiger partial charge is 0.229 e. The molecule has 350 valence electrons. The summed E-state index contributed by atoms with van der Waals surface area (Å²) in [5, 5.41) is 9.58. The van der Waals surface area contributed by atoms with Crippen LogP contribution in [0.4, 0.5) is 50.5 Å². The number of hydrogen-bond acceptors (Lipinski definition) is 14. The fraction of sp³-hybridized carbons (Fsp3) is 0.438. The quantitative estimate of drug-likeness (QED) is 0.0776. The lowest BCUT2D eigenvalue weighted by atomic mass is 10.0. The van der Waals surface area contributed by atoms with Gasteiger partial charge < -0.3 is 35.6 Å². The van der Waals surface area contributed by atoms with Crippen LogP contribution in [0.2, 0.25) is 5.02 Å². The highest BCUT2D eigenvalue weighted by molar-refractivity contribution is 7.92. The molecule has 3 saturated heterocycles. The topological polar surface area (TPSA) is 155 Å². The van der Waals surface area contributed by atoms with Crippen LogP contribution < -0.4 is 30.7 Å². The Balaban J connectivity index is 0.714. The second kappa shape index (κ2) is 21.7. The predicted octanol–water partition coefficient (Wildman–Crippen LogP) is 7.84. The summed E-state index contributed by atoms with van der Waals surface area (Å²) in [4.78, 5) is 42.7. The van der Waals surface area contributed by atoms with Crippen molar-refractivity contribution < 1.29 is 17.6 Å². The number of nitrogens with zero attached hydrogens (tertiary/aromatic N) is 9. The van der Waals surface area contributed by atoms with Gasteiger partial charge in [0.2, 0.25) is 11.9 Å². The molecule has 1 amide bonds. The van der Waals surface area contributed by atoms with Crippen LogP contribution >= 0.6 is 11.6 Å². The molecular weight excluding hydrogens is 879 g/mol. The molecule has 3 N–H and O–H groups in total. The third-order valence-corrected chi connectivity index (χ3v) is 15.1. The van der Waals surface area contributed by atoms with Crippen LogP contribution in [0.5, 0.6) is 0 Å². The number of carbonyl (C=O) groups is 1. The maximum atomic E-state index is 13.9. The first kappa shape index (κ1) is 46.7. The minimum Gasteiger partial charge on any atom is -0.369 e. The van der Waals surface area contributed by atoms with Gasteiger partial charge in [-0.25, -0.2) is 27.8 Å². The molecule has 66 heavy (non-hydrogen) atoms. The molecule has 3 fully saturated rings. The molecule has 0 bridgehead atoms. The number of para-hydroxylation sites is 1. The van der Waals surface area contributed by atoms with Crippen LogP contribution in [0.25, 0.3) is 0 Å². The lowest BCUT2D eigenvalue weighted by Crippen LogP contribution is -2.48. The molecule has 0 unspecified atom stereocenters. The molecule has 3 aromatic carbocycles. The SMILES string of the molecule is CC(C)S(=O)(=O)c1ccccc1Nc1nc(Nc2ccc(N3CCN(C(=O)CCCCCN4CCN(c5cc(N[C@@H]6CCCN(c7cccc(F)c7)C6)ncn5)CC4)CC3)cc2)ncc1Cl. The molecule has 5 heterocycles. The van der Waals surface area contributed by atoms with Crippen molar-refractivity contribution >= 4 is 73.5 Å². The van der Waals surface area contributed by atoms with Crippen molar-refractivity contribution in [3.05, 3.63) is 102 Å². The normalized spacial score (nSPS) is 17.3. The first-order chi connectivity index (χ1) is 32.0. The van der Waals surface area contributed by atoms with Gasteiger partial charge >= 0.3 is 0 Å². The standard InChI is InChI=1S/C48H60ClFN12O3S/c1-35(2)66(64,65)43-14-6-5-13-42(43)56-47-41(49)32-51-48(57-47)55-37-16-18-39(19-17-37)59-26-28-61(29-27-59)46(63)15-4-3-7-20-58-22-24-60(25-23-58)45-31-44(52-34-53-45)54-38-11-9-21-62(33-38)40-12-8-10-36(50)30-40/h5-6,8,10,12-14,16-19,30-32,34-35,38H,3-4,7,9,11,15,20-29,33H2,1-2H3,(H,52,53,54)(H2,51,55,56,57)/t38-/m1/s1. The van der Waals surface area contributed by atoms with Crippen molar-refractivity contribution in [2.45, 2.75) is 68.6 Å². The van der Waals surface area contributed by atoms with Crippen LogP contribution in [0.3, 0.4) is 0 Å². The van der Waals surface area contributed by atoms with Gasteiger partial charge in [-0.3, -0.25) is 9.69 Å². The maximum Gasteiger partial charge on any atom is 0.229 e. The molecule has 18 heteroatoms. The molecular formula is C48H60ClFN12O3S. The minimum absolute atomic E-state index is 0.177. The van der Waals surface area contributed by atoms with Gasteiger partial charge in [0.1, 0.15) is 28.8 Å². The van der Waals surface area contributed by atoms with Crippen LogP contribution in [-0.2, 0) is 14.6 Å². The van der Waals surface area contributed by atoms with Gasteiger partial charge in [-0.05, 0) is 101 Å². The molecule has 0 radical (unpaired) electrons. The second-order valence-electron chi connectivity index (χ2n) is 17.5. The van der Waals surface area contributed by atoms with E-state index < -0.39 is 15.1 Å². The van der Waals surface area contributed by atoms with E-state index in [1.165, 1.54) is 12.3 Å². The predicted molar refractivity (Wildman–Crippen MR) is 262 cm³/mol. The zero-order chi connectivity index (χ0) is 46.0. The molecule has 3 aliphatic rings. The van der Waals surface area contributed by atoms with Gasteiger partial charge in [0.15, 0.2) is 15.7 Å². The number of hydrogen-bond donors (Lipinski definition) is 3. The van der Waals surface area contributed by atoms with Gasteiger partial charge in [0, 0.05) is 101 Å². The summed E-state index contributed by atoms with van der Waals surface area (Å²) >= 11 is 6.43. The Bertz CT molecular complexity index is 2520. The molecule has 1 atom stereocenters. The number of unbranched alkanes of at least 4 members (excludes halogenated alkanes) is 2. The summed E-state index contributed by atoms with van der Waals surface area (Å²) in [6.45, 7) is 12.7. The number of aromatic nitrogens is 4. The van der Waals surface area contributed by atoms with Gasteiger partial charge in [0.25, 0.3) is 0 Å². The average Bonchev–Trinajstić information content (AvgIpc) is 3.33. The van der Waals surface area contributed by atoms with E-state index in [9.17, 15) is 17.6 Å². The Kier molecular flexibility index (Phi) is 15.4. The third kappa shape index (κ3) is 12.0. The third-order valence-electron chi connectivity index (χ3n) is 12.6. The molecule has 0 aliphatic carbocycles. The van der Waals surface area contributed by atoms with E-state index in [0.717, 1.165) is 120 Å². The summed E-state index contributed by atoms with van der Waals surface area (Å²) in [5.41, 5.74) is 3.16. The maximum absolute atomic E-state index is 13.9. The molecule has 15 nitrogen and oxygen atoms in total. The molecule has 0 spiro atoms. The highest BCUT2D eigenvalue weighted by Gasteiger charge is 2.25. The summed E-state index contributed by atoms with van der Waals surface area (Å²) < 4.78 is 39.8. The van der Waals surface area contributed by atoms with Crippen molar-refractivity contribution in [3.8, 4) is 0 Å². The van der Waals surface area contributed by atoms with E-state index >= 15 is 0 Å². The fourth-order valence-electron chi connectivity index (χ4n) is 8.77. The number of carbonyl (C=O) groups excluding carboxylic acids is 1. The molecule has 5 aromatic rings. The van der Waals surface area contributed by atoms with Gasteiger partial charge in [0.05, 0.1) is 22.0 Å². The van der Waals surface area contributed by atoms with Crippen LogP contribution in [0.15, 0.2) is 96.3 Å². The number of nitrogens with one attached hydrogen (secondary N) is 3. The number of anilines is 8. The van der Waals surface area contributed by atoms with E-state index in [2.05, 4.69) is 55.5 Å². The average molecular weight is 940 g/mol. The first-order valence-electron chi connectivity index (χ1n) is 23.1. The minimum atomic E-state index is -3.54. The van der Waals surface area contributed by atoms with E-state index in [-0.39, 0.29) is 33.5 Å². The number of piperazine rings is 2. The van der Waals surface area contributed by atoms with Crippen molar-refractivity contribution in [1.82, 2.24) is 29.7 Å². The van der Waals surface area contributed by atoms with Crippen LogP contribution in [0, 0.1) is 5.82 Å². The number of amides is 1. The van der Waals surface area contributed by atoms with E-state index in [4.69, 9.17) is 11.6 Å². The van der Waals surface area contributed by atoms with Gasteiger partial charge in [-0.1, -0.05) is 36.2 Å². The van der Waals surface area contributed by atoms with Crippen molar-refractivity contribution in [2.24, 2.45) is 0 Å². The number of rotatable bonds is 17. The fourth-order valence-corrected chi connectivity index (χ4v) is 10.1. The summed E-state index contributed by atoms with van der Waals surface area (Å²) in [6.07, 6.45) is 8.75. The zero-order valence-corrected chi connectivity index (χ0v) is 39.3. The largest absolute Gasteiger partial charge is 0.369 e. The lowest BCUT2D eigenvalue weighted by Gasteiger charge is -2.36. The second-order valence-corrected chi connectivity index (χ2v) is 20.3. The summed E-state index contributed by atoms with van der Waals surface area (Å²) in [6, 6.07) is 23.8. The Morgan fingerprint density at radius 1 is 0.803 bits per heavy atom. The van der Waals surface area contributed by atoms with Crippen molar-refractivity contribution in [3.63, 3.8) is 0 Å². The van der Waals surface area contributed by atoms with E-state index in [1.54, 1.807) is 56.6 Å². The van der Waals surface area contributed by atoms with Crippen LogP contribution in [-0.4, -0.2) is 127 Å². The number of piperidine rings is 1. The monoisotopic (exact) mass is 938 g/mol. The van der Waals surface area contributed by atoms with Crippen molar-refractivity contribution in [1.29, 1.82) is 0 Å². The lowest BCUT2D eigenvalue weighted by molar-refractivity contribution is -0.131. The Hall–Kier alpha value is -5.78. The van der Waals surface area contributed by atoms with Crippen molar-refractivity contribution in [2.75, 3.05) is 103 Å². The Morgan fingerprint density at radius 3 is 2.35 bits per heavy atom. The number of halogens is 2. The summed E-state index contributed by atoms with van der Waals surface area (Å²) in [5.74, 6) is 2.38. The van der Waals surface area contributed by atoms with E-state index in [0.29, 0.717) is 31.1 Å². The zero-order valence-electron chi connectivity index (χ0n) is 37.7. The molecule has 0 saturated carbocycles.